The second kappa shape index (κ2) is 6.38. The van der Waals surface area contributed by atoms with E-state index in [1.165, 1.54) is 39.0 Å². The topological polar surface area (TPSA) is 25.2 Å². The minimum Gasteiger partial charge on any atom is -0.348 e. The second-order valence-electron chi connectivity index (χ2n) is 7.70. The number of carbonyl (C=O) groups is 1. The van der Waals surface area contributed by atoms with Crippen molar-refractivity contribution in [3.8, 4) is 0 Å². The summed E-state index contributed by atoms with van der Waals surface area (Å²) < 4.78 is 2.28. The summed E-state index contributed by atoms with van der Waals surface area (Å²) in [7, 11) is 2.14. The minimum absolute atomic E-state index is 0.0843. The van der Waals surface area contributed by atoms with E-state index in [1.807, 2.05) is 0 Å². The van der Waals surface area contributed by atoms with Crippen molar-refractivity contribution in [2.45, 2.75) is 45.2 Å². The van der Waals surface area contributed by atoms with Crippen LogP contribution in [0.3, 0.4) is 0 Å². The fraction of sp³-hybridized carbons (Fsp3) is 0.348. The van der Waals surface area contributed by atoms with Crippen LogP contribution in [0.15, 0.2) is 52.9 Å². The molecule has 138 valence electrons. The molecule has 2 aliphatic rings. The molecule has 4 heteroatoms. The molecular formula is C23H24N2OS. The zero-order chi connectivity index (χ0) is 18.5. The largest absolute Gasteiger partial charge is 0.348 e. The molecule has 0 radical (unpaired) electrons. The molecule has 0 N–H and O–H groups in total. The fourth-order valence-electron chi connectivity index (χ4n) is 4.91. The van der Waals surface area contributed by atoms with Gasteiger partial charge in [-0.2, -0.15) is 0 Å². The number of para-hydroxylation sites is 1. The number of nitrogens with zero attached hydrogens (tertiary/aromatic N) is 2. The average Bonchev–Trinajstić information content (AvgIpc) is 3.36. The Kier molecular flexibility index (Phi) is 3.97. The lowest BCUT2D eigenvalue weighted by molar-refractivity contribution is -0.127. The van der Waals surface area contributed by atoms with Crippen LogP contribution < -0.4 is 0 Å². The zero-order valence-corrected chi connectivity index (χ0v) is 16.7. The van der Waals surface area contributed by atoms with Gasteiger partial charge in [0.1, 0.15) is 0 Å². The molecule has 0 saturated carbocycles. The Morgan fingerprint density at radius 2 is 1.93 bits per heavy atom. The van der Waals surface area contributed by atoms with E-state index in [-0.39, 0.29) is 11.9 Å². The van der Waals surface area contributed by atoms with E-state index in [0.717, 1.165) is 24.8 Å². The SMILES string of the molecule is Cc1c([C@H]2C3=C(CCCC3)C(=O)N2Cc2cccs2)c2ccccc2n1C. The molecule has 3 aromatic rings. The van der Waals surface area contributed by atoms with Gasteiger partial charge in [0.25, 0.3) is 5.91 Å². The Morgan fingerprint density at radius 3 is 2.74 bits per heavy atom. The molecule has 0 spiro atoms. The van der Waals surface area contributed by atoms with Crippen LogP contribution in [0, 0.1) is 6.92 Å². The van der Waals surface area contributed by atoms with Crippen molar-refractivity contribution in [3.05, 3.63) is 69.1 Å². The van der Waals surface area contributed by atoms with Crippen molar-refractivity contribution in [2.24, 2.45) is 7.05 Å². The van der Waals surface area contributed by atoms with Gasteiger partial charge in [0.15, 0.2) is 0 Å². The van der Waals surface area contributed by atoms with Crippen LogP contribution in [-0.2, 0) is 18.4 Å². The number of fused-ring (bicyclic) bond motifs is 1. The Morgan fingerprint density at radius 1 is 1.11 bits per heavy atom. The molecule has 5 rings (SSSR count). The summed E-state index contributed by atoms with van der Waals surface area (Å²) in [5.41, 5.74) is 6.31. The highest BCUT2D eigenvalue weighted by Crippen LogP contribution is 2.48. The van der Waals surface area contributed by atoms with Crippen molar-refractivity contribution in [1.29, 1.82) is 0 Å². The van der Waals surface area contributed by atoms with Crippen LogP contribution in [0.25, 0.3) is 10.9 Å². The lowest BCUT2D eigenvalue weighted by Crippen LogP contribution is -2.29. The third-order valence-corrected chi connectivity index (χ3v) is 7.16. The van der Waals surface area contributed by atoms with Crippen molar-refractivity contribution in [2.75, 3.05) is 0 Å². The first-order valence-corrected chi connectivity index (χ1v) is 10.6. The van der Waals surface area contributed by atoms with Crippen molar-refractivity contribution in [1.82, 2.24) is 9.47 Å². The van der Waals surface area contributed by atoms with E-state index >= 15 is 0 Å². The monoisotopic (exact) mass is 376 g/mol. The summed E-state index contributed by atoms with van der Waals surface area (Å²) in [6.07, 6.45) is 4.32. The summed E-state index contributed by atoms with van der Waals surface area (Å²) >= 11 is 1.74. The first-order chi connectivity index (χ1) is 13.2. The summed E-state index contributed by atoms with van der Waals surface area (Å²) in [6.45, 7) is 2.90. The summed E-state index contributed by atoms with van der Waals surface area (Å²) in [6, 6.07) is 12.9. The van der Waals surface area contributed by atoms with Gasteiger partial charge < -0.3 is 9.47 Å². The van der Waals surface area contributed by atoms with Gasteiger partial charge in [-0.1, -0.05) is 24.3 Å². The molecule has 1 aromatic carbocycles. The number of thiophene rings is 1. The number of amides is 1. The maximum Gasteiger partial charge on any atom is 0.250 e. The molecule has 0 unspecified atom stereocenters. The molecule has 0 fully saturated rings. The molecule has 3 nitrogen and oxygen atoms in total. The van der Waals surface area contributed by atoms with Crippen molar-refractivity contribution in [3.63, 3.8) is 0 Å². The molecule has 27 heavy (non-hydrogen) atoms. The highest BCUT2D eigenvalue weighted by atomic mass is 32.1. The van der Waals surface area contributed by atoms with Crippen LogP contribution >= 0.6 is 11.3 Å². The van der Waals surface area contributed by atoms with Crippen LogP contribution in [0.5, 0.6) is 0 Å². The number of carbonyl (C=O) groups excluding carboxylic acids is 1. The number of aryl methyl sites for hydroxylation is 1. The van der Waals surface area contributed by atoms with Gasteiger partial charge in [-0.25, -0.2) is 0 Å². The van der Waals surface area contributed by atoms with Gasteiger partial charge in [0.2, 0.25) is 0 Å². The van der Waals surface area contributed by atoms with E-state index in [9.17, 15) is 4.79 Å². The maximum atomic E-state index is 13.4. The highest BCUT2D eigenvalue weighted by Gasteiger charge is 2.42. The third kappa shape index (κ3) is 2.50. The molecule has 0 saturated heterocycles. The van der Waals surface area contributed by atoms with Crippen LogP contribution in [0.1, 0.15) is 47.9 Å². The minimum atomic E-state index is 0.0843. The Hall–Kier alpha value is -2.33. The first kappa shape index (κ1) is 16.8. The molecule has 1 amide bonds. The lowest BCUT2D eigenvalue weighted by atomic mass is 9.87. The molecule has 1 atom stereocenters. The smallest absolute Gasteiger partial charge is 0.250 e. The first-order valence-electron chi connectivity index (χ1n) is 9.76. The van der Waals surface area contributed by atoms with E-state index in [1.54, 1.807) is 11.3 Å². The van der Waals surface area contributed by atoms with E-state index in [0.29, 0.717) is 6.54 Å². The number of benzene rings is 1. The Labute approximate surface area is 163 Å². The quantitative estimate of drug-likeness (QED) is 0.592. The normalized spacial score (nSPS) is 20.0. The van der Waals surface area contributed by atoms with Crippen molar-refractivity contribution >= 4 is 28.1 Å². The lowest BCUT2D eigenvalue weighted by Gasteiger charge is -2.28. The molecule has 0 bridgehead atoms. The molecule has 2 aromatic heterocycles. The van der Waals surface area contributed by atoms with E-state index in [2.05, 4.69) is 65.2 Å². The third-order valence-electron chi connectivity index (χ3n) is 6.30. The molecule has 1 aliphatic heterocycles. The number of hydrogen-bond acceptors (Lipinski definition) is 2. The number of aromatic nitrogens is 1. The molecule has 3 heterocycles. The van der Waals surface area contributed by atoms with Crippen LogP contribution in [0.2, 0.25) is 0 Å². The van der Waals surface area contributed by atoms with Gasteiger partial charge in [0.05, 0.1) is 12.6 Å². The summed E-state index contributed by atoms with van der Waals surface area (Å²) in [5, 5.41) is 3.38. The highest BCUT2D eigenvalue weighted by molar-refractivity contribution is 7.09. The Bertz CT molecular complexity index is 1060. The van der Waals surface area contributed by atoms with E-state index in [4.69, 9.17) is 0 Å². The molecule has 1 aliphatic carbocycles. The van der Waals surface area contributed by atoms with Gasteiger partial charge in [-0.3, -0.25) is 4.79 Å². The summed E-state index contributed by atoms with van der Waals surface area (Å²) in [5.74, 6) is 0.260. The van der Waals surface area contributed by atoms with Crippen LogP contribution in [0.4, 0.5) is 0 Å². The standard InChI is InChI=1S/C23H24N2OS/c1-15-21(19-11-5-6-12-20(19)24(15)2)22-17-9-3-4-10-18(17)23(26)25(22)14-16-8-7-13-27-16/h5-8,11-13,22H,3-4,9-10,14H2,1-2H3/t22-/m1/s1. The zero-order valence-electron chi connectivity index (χ0n) is 15.9. The maximum absolute atomic E-state index is 13.4. The van der Waals surface area contributed by atoms with Crippen molar-refractivity contribution < 1.29 is 4.79 Å². The van der Waals surface area contributed by atoms with E-state index < -0.39 is 0 Å². The predicted octanol–water partition coefficient (Wildman–Crippen LogP) is 5.50. The van der Waals surface area contributed by atoms with Gasteiger partial charge in [-0.15, -0.1) is 11.3 Å². The average molecular weight is 377 g/mol. The molecular weight excluding hydrogens is 352 g/mol. The Balaban J connectivity index is 1.70. The number of hydrogen-bond donors (Lipinski definition) is 0. The number of rotatable bonds is 3. The summed E-state index contributed by atoms with van der Waals surface area (Å²) in [4.78, 5) is 16.8. The predicted molar refractivity (Wildman–Crippen MR) is 111 cm³/mol. The van der Waals surface area contributed by atoms with Gasteiger partial charge >= 0.3 is 0 Å². The van der Waals surface area contributed by atoms with Gasteiger partial charge in [0, 0.05) is 39.7 Å². The fourth-order valence-corrected chi connectivity index (χ4v) is 5.61. The second-order valence-corrected chi connectivity index (χ2v) is 8.73. The van der Waals surface area contributed by atoms with Gasteiger partial charge in [-0.05, 0) is 55.7 Å². The van der Waals surface area contributed by atoms with Crippen LogP contribution in [-0.4, -0.2) is 15.4 Å².